The topological polar surface area (TPSA) is 21.3 Å². The highest BCUT2D eigenvalue weighted by Gasteiger charge is 2.13. The van der Waals surface area contributed by atoms with Gasteiger partial charge in [0, 0.05) is 16.8 Å². The zero-order chi connectivity index (χ0) is 23.0. The van der Waals surface area contributed by atoms with Gasteiger partial charge in [0.25, 0.3) is 0 Å². The van der Waals surface area contributed by atoms with Gasteiger partial charge < -0.3 is 10.1 Å². The van der Waals surface area contributed by atoms with Gasteiger partial charge in [-0.05, 0) is 73.3 Å². The molecule has 0 aliphatic heterocycles. The molecule has 32 heavy (non-hydrogen) atoms. The average molecular weight is 472 g/mol. The predicted octanol–water partition coefficient (Wildman–Crippen LogP) is 7.73. The number of ether oxygens (including phenoxy) is 1. The molecule has 0 saturated carbocycles. The van der Waals surface area contributed by atoms with Crippen LogP contribution >= 0.6 is 23.2 Å². The molecule has 1 unspecified atom stereocenters. The number of methoxy groups -OCH3 is 1. The third-order valence-corrected chi connectivity index (χ3v) is 5.57. The molecular formula is C28H35Cl2NO. The summed E-state index contributed by atoms with van der Waals surface area (Å²) in [5.41, 5.74) is 4.06. The summed E-state index contributed by atoms with van der Waals surface area (Å²) < 4.78 is 5.21. The Balaban J connectivity index is 0.00000114. The third kappa shape index (κ3) is 9.65. The van der Waals surface area contributed by atoms with Crippen molar-refractivity contribution in [2.75, 3.05) is 26.1 Å². The van der Waals surface area contributed by atoms with E-state index in [1.54, 1.807) is 7.11 Å². The summed E-state index contributed by atoms with van der Waals surface area (Å²) in [5, 5.41) is 4.37. The smallest absolute Gasteiger partial charge is 0.118 e. The second kappa shape index (κ2) is 15.7. The minimum absolute atomic E-state index is 0.424. The van der Waals surface area contributed by atoms with E-state index in [2.05, 4.69) is 59.9 Å². The largest absolute Gasteiger partial charge is 0.497 e. The molecule has 0 fully saturated rings. The first-order valence-corrected chi connectivity index (χ1v) is 12.3. The van der Waals surface area contributed by atoms with E-state index in [9.17, 15) is 0 Å². The first kappa shape index (κ1) is 26.3. The number of alkyl halides is 1. The van der Waals surface area contributed by atoms with E-state index in [4.69, 9.17) is 27.9 Å². The molecule has 1 atom stereocenters. The Hall–Kier alpha value is -2.00. The Bertz CT molecular complexity index is 851. The highest BCUT2D eigenvalue weighted by Crippen LogP contribution is 2.30. The molecule has 3 rings (SSSR count). The monoisotopic (exact) mass is 471 g/mol. The first-order valence-electron chi connectivity index (χ1n) is 11.4. The van der Waals surface area contributed by atoms with E-state index in [1.807, 2.05) is 31.2 Å². The molecule has 3 aromatic carbocycles. The fourth-order valence-electron chi connectivity index (χ4n) is 3.65. The summed E-state index contributed by atoms with van der Waals surface area (Å²) in [7, 11) is 1.70. The van der Waals surface area contributed by atoms with Gasteiger partial charge in [0.1, 0.15) is 5.75 Å². The van der Waals surface area contributed by atoms with E-state index in [0.29, 0.717) is 5.92 Å². The maximum absolute atomic E-state index is 6.08. The Morgan fingerprint density at radius 1 is 0.812 bits per heavy atom. The Morgan fingerprint density at radius 3 is 2.06 bits per heavy atom. The lowest BCUT2D eigenvalue weighted by Gasteiger charge is -2.18. The molecule has 0 aromatic heterocycles. The van der Waals surface area contributed by atoms with Crippen LogP contribution in [-0.4, -0.2) is 26.1 Å². The van der Waals surface area contributed by atoms with Crippen molar-refractivity contribution in [3.05, 3.63) is 101 Å². The second-order valence-electron chi connectivity index (χ2n) is 7.63. The van der Waals surface area contributed by atoms with Crippen molar-refractivity contribution in [1.82, 2.24) is 5.32 Å². The lowest BCUT2D eigenvalue weighted by molar-refractivity contribution is 0.414. The second-order valence-corrected chi connectivity index (χ2v) is 8.60. The van der Waals surface area contributed by atoms with Gasteiger partial charge in [-0.15, -0.1) is 11.6 Å². The van der Waals surface area contributed by atoms with Crippen LogP contribution in [0.2, 0.25) is 5.02 Å². The molecular weight excluding hydrogens is 437 g/mol. The molecule has 0 aliphatic rings. The van der Waals surface area contributed by atoms with Crippen molar-refractivity contribution in [3.8, 4) is 5.75 Å². The summed E-state index contributed by atoms with van der Waals surface area (Å²) in [6, 6.07) is 27.4. The molecule has 1 N–H and O–H groups in total. The lowest BCUT2D eigenvalue weighted by atomic mass is 9.87. The van der Waals surface area contributed by atoms with Crippen LogP contribution < -0.4 is 10.1 Å². The molecule has 0 aliphatic carbocycles. The summed E-state index contributed by atoms with van der Waals surface area (Å²) >= 11 is 11.1. The molecule has 0 saturated heterocycles. The van der Waals surface area contributed by atoms with Crippen molar-refractivity contribution < 1.29 is 4.74 Å². The quantitative estimate of drug-likeness (QED) is 0.228. The number of unbranched alkanes of at least 4 members (excludes halogenated alkanes) is 1. The normalized spacial score (nSPS) is 11.4. The van der Waals surface area contributed by atoms with E-state index >= 15 is 0 Å². The van der Waals surface area contributed by atoms with Gasteiger partial charge >= 0.3 is 0 Å². The van der Waals surface area contributed by atoms with Gasteiger partial charge in [-0.25, -0.2) is 0 Å². The summed E-state index contributed by atoms with van der Waals surface area (Å²) in [5.74, 6) is 2.06. The third-order valence-electron chi connectivity index (χ3n) is 5.32. The van der Waals surface area contributed by atoms with Crippen LogP contribution in [0.3, 0.4) is 0 Å². The fraction of sp³-hybridized carbons (Fsp3) is 0.357. The summed E-state index contributed by atoms with van der Waals surface area (Å²) in [6.07, 6.45) is 4.56. The van der Waals surface area contributed by atoms with Gasteiger partial charge in [0.15, 0.2) is 0 Å². The molecule has 0 radical (unpaired) electrons. The number of halogens is 2. The molecule has 2 nitrogen and oxygen atoms in total. The molecule has 0 bridgehead atoms. The van der Waals surface area contributed by atoms with Crippen molar-refractivity contribution in [2.24, 2.45) is 0 Å². The zero-order valence-electron chi connectivity index (χ0n) is 19.2. The highest BCUT2D eigenvalue weighted by molar-refractivity contribution is 6.30. The van der Waals surface area contributed by atoms with Crippen LogP contribution in [0.5, 0.6) is 5.75 Å². The maximum Gasteiger partial charge on any atom is 0.118 e. The zero-order valence-corrected chi connectivity index (χ0v) is 20.7. The number of hydrogen-bond donors (Lipinski definition) is 1. The van der Waals surface area contributed by atoms with Crippen molar-refractivity contribution in [2.45, 2.75) is 38.5 Å². The minimum Gasteiger partial charge on any atom is -0.497 e. The first-order chi connectivity index (χ1) is 15.7. The fourth-order valence-corrected chi connectivity index (χ4v) is 3.78. The van der Waals surface area contributed by atoms with Crippen LogP contribution in [0, 0.1) is 0 Å². The highest BCUT2D eigenvalue weighted by atomic mass is 35.5. The molecule has 0 spiro atoms. The van der Waals surface area contributed by atoms with Gasteiger partial charge in [-0.1, -0.05) is 79.5 Å². The van der Waals surface area contributed by atoms with Crippen LogP contribution in [0.4, 0.5) is 0 Å². The summed E-state index contributed by atoms with van der Waals surface area (Å²) in [6.45, 7) is 3.95. The van der Waals surface area contributed by atoms with E-state index in [0.717, 1.165) is 42.6 Å². The van der Waals surface area contributed by atoms with E-state index in [-0.39, 0.29) is 0 Å². The van der Waals surface area contributed by atoms with Crippen molar-refractivity contribution in [1.29, 1.82) is 0 Å². The number of rotatable bonds is 11. The average Bonchev–Trinajstić information content (AvgIpc) is 2.83. The van der Waals surface area contributed by atoms with Crippen molar-refractivity contribution in [3.63, 3.8) is 0 Å². The standard InChI is InChI=1S/C26H30ClNO.C2H5Cl/c1-29-25-16-10-21(11-17-25)18-20-28-19-6-5-9-26(22-7-3-2-4-8-22)23-12-14-24(27)15-13-23;1-2-3/h2-4,7-8,10-17,26,28H,5-6,9,18-20H2,1H3;2H2,1H3. The Labute approximate surface area is 203 Å². The Morgan fingerprint density at radius 2 is 1.44 bits per heavy atom. The molecule has 4 heteroatoms. The minimum atomic E-state index is 0.424. The van der Waals surface area contributed by atoms with Gasteiger partial charge in [0.2, 0.25) is 0 Å². The molecule has 172 valence electrons. The van der Waals surface area contributed by atoms with Gasteiger partial charge in [-0.3, -0.25) is 0 Å². The lowest BCUT2D eigenvalue weighted by Crippen LogP contribution is -2.18. The Kier molecular flexibility index (Phi) is 12.9. The number of nitrogens with one attached hydrogen (secondary N) is 1. The summed E-state index contributed by atoms with van der Waals surface area (Å²) in [4.78, 5) is 0. The van der Waals surface area contributed by atoms with Crippen LogP contribution in [0.15, 0.2) is 78.9 Å². The van der Waals surface area contributed by atoms with Gasteiger partial charge in [0.05, 0.1) is 7.11 Å². The maximum atomic E-state index is 6.08. The van der Waals surface area contributed by atoms with Gasteiger partial charge in [-0.2, -0.15) is 0 Å². The van der Waals surface area contributed by atoms with Crippen LogP contribution in [-0.2, 0) is 6.42 Å². The van der Waals surface area contributed by atoms with E-state index in [1.165, 1.54) is 29.5 Å². The SMILES string of the molecule is CCCl.COc1ccc(CCNCCCCC(c2ccccc2)c2ccc(Cl)cc2)cc1. The molecule has 3 aromatic rings. The molecule has 0 heterocycles. The van der Waals surface area contributed by atoms with E-state index < -0.39 is 0 Å². The van der Waals surface area contributed by atoms with Crippen LogP contribution in [0.25, 0.3) is 0 Å². The van der Waals surface area contributed by atoms with Crippen molar-refractivity contribution >= 4 is 23.2 Å². The number of hydrogen-bond acceptors (Lipinski definition) is 2. The van der Waals surface area contributed by atoms with Crippen LogP contribution in [0.1, 0.15) is 48.8 Å². The molecule has 0 amide bonds. The predicted molar refractivity (Wildman–Crippen MR) is 140 cm³/mol. The number of benzene rings is 3.